The number of hydrogen-bond donors (Lipinski definition) is 1. The Kier molecular flexibility index (Phi) is 5.57. The molecule has 2 atom stereocenters. The lowest BCUT2D eigenvalue weighted by Gasteiger charge is -2.19. The van der Waals surface area contributed by atoms with Gasteiger partial charge in [0.05, 0.1) is 4.90 Å². The van der Waals surface area contributed by atoms with Gasteiger partial charge in [0.25, 0.3) is 10.1 Å². The van der Waals surface area contributed by atoms with Gasteiger partial charge in [-0.1, -0.05) is 66.2 Å². The highest BCUT2D eigenvalue weighted by molar-refractivity contribution is 7.86. The molecule has 0 saturated heterocycles. The van der Waals surface area contributed by atoms with Gasteiger partial charge in [-0.15, -0.1) is 0 Å². The summed E-state index contributed by atoms with van der Waals surface area (Å²) in [5.41, 5.74) is 3.01. The van der Waals surface area contributed by atoms with E-state index in [9.17, 15) is 13.2 Å². The maximum atomic E-state index is 12.9. The molecule has 0 saturated carbocycles. The third-order valence-electron chi connectivity index (χ3n) is 4.90. The van der Waals surface area contributed by atoms with Crippen molar-refractivity contribution in [1.82, 2.24) is 0 Å². The number of para-hydroxylation sites is 1. The van der Waals surface area contributed by atoms with E-state index in [1.54, 1.807) is 36.4 Å². The lowest BCUT2D eigenvalue weighted by atomic mass is 10.1. The highest BCUT2D eigenvalue weighted by Gasteiger charge is 2.42. The van der Waals surface area contributed by atoms with Crippen molar-refractivity contribution in [1.29, 1.82) is 0 Å². The first-order chi connectivity index (χ1) is 14.4. The van der Waals surface area contributed by atoms with Crippen LogP contribution < -0.4 is 5.32 Å². The lowest BCUT2D eigenvalue weighted by Crippen LogP contribution is -2.34. The fourth-order valence-corrected chi connectivity index (χ4v) is 4.37. The Bertz CT molecular complexity index is 1140. The predicted octanol–water partition coefficient (Wildman–Crippen LogP) is 3.98. The number of hydrogen-bond acceptors (Lipinski definition) is 6. The van der Waals surface area contributed by atoms with Gasteiger partial charge in [-0.25, -0.2) is 4.79 Å². The summed E-state index contributed by atoms with van der Waals surface area (Å²) in [5.74, 6) is -0.584. The van der Waals surface area contributed by atoms with Crippen LogP contribution in [0.2, 0.25) is 0 Å². The molecule has 154 valence electrons. The van der Waals surface area contributed by atoms with Crippen molar-refractivity contribution in [2.75, 3.05) is 5.32 Å². The van der Waals surface area contributed by atoms with E-state index >= 15 is 0 Å². The van der Waals surface area contributed by atoms with Crippen molar-refractivity contribution in [2.24, 2.45) is 0 Å². The van der Waals surface area contributed by atoms with Gasteiger partial charge in [0.15, 0.2) is 6.04 Å². The Morgan fingerprint density at radius 3 is 2.33 bits per heavy atom. The van der Waals surface area contributed by atoms with Gasteiger partial charge in [0, 0.05) is 11.3 Å². The number of carbonyl (C=O) groups is 1. The first-order valence-electron chi connectivity index (χ1n) is 9.50. The Balaban J connectivity index is 1.57. The van der Waals surface area contributed by atoms with Crippen molar-refractivity contribution in [3.8, 4) is 0 Å². The summed E-state index contributed by atoms with van der Waals surface area (Å²) in [6.45, 7) is 1.96. The molecule has 7 heteroatoms. The molecule has 0 aliphatic carbocycles. The predicted molar refractivity (Wildman–Crippen MR) is 112 cm³/mol. The summed E-state index contributed by atoms with van der Waals surface area (Å²) in [5, 5.41) is 3.04. The monoisotopic (exact) mass is 423 g/mol. The summed E-state index contributed by atoms with van der Waals surface area (Å²) < 4.78 is 36.7. The van der Waals surface area contributed by atoms with Crippen LogP contribution in [0, 0.1) is 6.92 Å². The van der Waals surface area contributed by atoms with Gasteiger partial charge in [0.2, 0.25) is 0 Å². The van der Waals surface area contributed by atoms with Gasteiger partial charge in [-0.3, -0.25) is 4.18 Å². The summed E-state index contributed by atoms with van der Waals surface area (Å²) in [6.07, 6.45) is -1.03. The Labute approximate surface area is 175 Å². The van der Waals surface area contributed by atoms with Crippen LogP contribution in [0.5, 0.6) is 0 Å². The third-order valence-corrected chi connectivity index (χ3v) is 6.21. The van der Waals surface area contributed by atoms with E-state index < -0.39 is 28.2 Å². The third kappa shape index (κ3) is 4.22. The van der Waals surface area contributed by atoms with Crippen LogP contribution in [0.4, 0.5) is 5.69 Å². The lowest BCUT2D eigenvalue weighted by molar-refractivity contribution is -0.147. The molecule has 30 heavy (non-hydrogen) atoms. The number of nitrogens with one attached hydrogen (secondary N) is 1. The molecule has 0 amide bonds. The fraction of sp³-hybridized carbons (Fsp3) is 0.174. The van der Waals surface area contributed by atoms with E-state index in [1.807, 2.05) is 37.3 Å². The zero-order valence-corrected chi connectivity index (χ0v) is 17.1. The van der Waals surface area contributed by atoms with Crippen LogP contribution in [0.1, 0.15) is 22.8 Å². The maximum Gasteiger partial charge on any atom is 0.332 e. The van der Waals surface area contributed by atoms with Crippen LogP contribution in [0.25, 0.3) is 0 Å². The molecule has 0 radical (unpaired) electrons. The first-order valence-corrected chi connectivity index (χ1v) is 10.9. The van der Waals surface area contributed by atoms with Crippen LogP contribution in [-0.2, 0) is 30.4 Å². The second-order valence-electron chi connectivity index (χ2n) is 7.09. The van der Waals surface area contributed by atoms with Gasteiger partial charge < -0.3 is 10.1 Å². The molecule has 0 fully saturated rings. The van der Waals surface area contributed by atoms with E-state index in [4.69, 9.17) is 8.92 Å². The average Bonchev–Trinajstić information content (AvgIpc) is 3.11. The highest BCUT2D eigenvalue weighted by atomic mass is 32.2. The molecule has 3 aromatic carbocycles. The van der Waals surface area contributed by atoms with Crippen molar-refractivity contribution < 1.29 is 22.1 Å². The molecule has 0 aromatic heterocycles. The number of fused-ring (bicyclic) bond motifs is 1. The number of rotatable bonds is 6. The Morgan fingerprint density at radius 2 is 1.60 bits per heavy atom. The topological polar surface area (TPSA) is 81.7 Å². The number of aryl methyl sites for hydroxylation is 1. The molecule has 0 spiro atoms. The van der Waals surface area contributed by atoms with Gasteiger partial charge in [-0.2, -0.15) is 8.42 Å². The summed E-state index contributed by atoms with van der Waals surface area (Å²) in [4.78, 5) is 12.8. The molecule has 1 N–H and O–H groups in total. The SMILES string of the molecule is Cc1ccc(S(=O)(=O)OC2c3ccccc3NC2C(=O)OCc2ccccc2)cc1. The Morgan fingerprint density at radius 1 is 0.933 bits per heavy atom. The van der Waals surface area contributed by atoms with Gasteiger partial charge in [-0.05, 0) is 30.7 Å². The van der Waals surface area contributed by atoms with Crippen LogP contribution >= 0.6 is 0 Å². The molecule has 6 nitrogen and oxygen atoms in total. The molecule has 3 aromatic rings. The van der Waals surface area contributed by atoms with Crippen molar-refractivity contribution in [2.45, 2.75) is 30.6 Å². The van der Waals surface area contributed by atoms with Crippen molar-refractivity contribution in [3.05, 3.63) is 95.6 Å². The molecular weight excluding hydrogens is 402 g/mol. The smallest absolute Gasteiger partial charge is 0.332 e. The molecule has 1 heterocycles. The zero-order chi connectivity index (χ0) is 21.1. The minimum absolute atomic E-state index is 0.0360. The fourth-order valence-electron chi connectivity index (χ4n) is 3.30. The quantitative estimate of drug-likeness (QED) is 0.477. The number of anilines is 1. The number of esters is 1. The minimum atomic E-state index is -4.08. The summed E-state index contributed by atoms with van der Waals surface area (Å²) >= 11 is 0. The van der Waals surface area contributed by atoms with E-state index in [1.165, 1.54) is 12.1 Å². The second kappa shape index (κ2) is 8.30. The number of benzene rings is 3. The maximum absolute atomic E-state index is 12.9. The van der Waals surface area contributed by atoms with E-state index in [0.717, 1.165) is 11.1 Å². The molecule has 4 rings (SSSR count). The highest BCUT2D eigenvalue weighted by Crippen LogP contribution is 2.39. The largest absolute Gasteiger partial charge is 0.459 e. The summed E-state index contributed by atoms with van der Waals surface area (Å²) in [6, 6.07) is 21.7. The average molecular weight is 423 g/mol. The van der Waals surface area contributed by atoms with Gasteiger partial charge in [0.1, 0.15) is 12.7 Å². The van der Waals surface area contributed by atoms with E-state index in [-0.39, 0.29) is 11.5 Å². The number of carbonyl (C=O) groups excluding carboxylic acids is 1. The molecule has 2 unspecified atom stereocenters. The molecular formula is C23H21NO5S. The molecule has 1 aliphatic heterocycles. The first kappa shape index (κ1) is 20.1. The van der Waals surface area contributed by atoms with Crippen LogP contribution in [0.3, 0.4) is 0 Å². The standard InChI is InChI=1S/C23H21NO5S/c1-16-11-13-18(14-12-16)30(26,27)29-22-19-9-5-6-10-20(19)24-21(22)23(25)28-15-17-7-3-2-4-8-17/h2-14,21-22,24H,15H2,1H3. The normalized spacial score (nSPS) is 17.8. The molecule has 0 bridgehead atoms. The van der Waals surface area contributed by atoms with Gasteiger partial charge >= 0.3 is 5.97 Å². The van der Waals surface area contributed by atoms with Crippen molar-refractivity contribution in [3.63, 3.8) is 0 Å². The Hall–Kier alpha value is -3.16. The van der Waals surface area contributed by atoms with E-state index in [0.29, 0.717) is 11.3 Å². The molecule has 1 aliphatic rings. The summed E-state index contributed by atoms with van der Waals surface area (Å²) in [7, 11) is -4.08. The minimum Gasteiger partial charge on any atom is -0.459 e. The second-order valence-corrected chi connectivity index (χ2v) is 8.66. The zero-order valence-electron chi connectivity index (χ0n) is 16.3. The number of ether oxygens (including phenoxy) is 1. The van der Waals surface area contributed by atoms with E-state index in [2.05, 4.69) is 5.32 Å². The van der Waals surface area contributed by atoms with Crippen molar-refractivity contribution >= 4 is 21.8 Å². The van der Waals surface area contributed by atoms with Crippen LogP contribution in [0.15, 0.2) is 83.8 Å². The van der Waals surface area contributed by atoms with Crippen LogP contribution in [-0.4, -0.2) is 20.4 Å².